The summed E-state index contributed by atoms with van der Waals surface area (Å²) < 4.78 is 0. The van der Waals surface area contributed by atoms with Gasteiger partial charge in [0.1, 0.15) is 17.6 Å². The molecule has 2 aromatic rings. The highest BCUT2D eigenvalue weighted by Gasteiger charge is 2.16. The minimum atomic E-state index is 0.317. The first-order chi connectivity index (χ1) is 10.3. The number of hydrogen-bond donors (Lipinski definition) is 2. The van der Waals surface area contributed by atoms with E-state index in [2.05, 4.69) is 25.6 Å². The molecule has 0 amide bonds. The third-order valence-electron chi connectivity index (χ3n) is 3.49. The summed E-state index contributed by atoms with van der Waals surface area (Å²) in [4.78, 5) is 12.9. The van der Waals surface area contributed by atoms with E-state index in [-0.39, 0.29) is 0 Å². The summed E-state index contributed by atoms with van der Waals surface area (Å²) in [5.41, 5.74) is 2.16. The lowest BCUT2D eigenvalue weighted by molar-refractivity contribution is 0.404. The average Bonchev–Trinajstić information content (AvgIpc) is 2.57. The minimum Gasteiger partial charge on any atom is -0.338 e. The van der Waals surface area contributed by atoms with Crippen molar-refractivity contribution in [3.63, 3.8) is 0 Å². The third-order valence-corrected chi connectivity index (χ3v) is 3.49. The van der Waals surface area contributed by atoms with E-state index in [1.807, 2.05) is 12.3 Å². The Labute approximate surface area is 123 Å². The number of nitrogens with zero attached hydrogens (tertiary/aromatic N) is 4. The van der Waals surface area contributed by atoms with Gasteiger partial charge in [0, 0.05) is 0 Å². The zero-order valence-electron chi connectivity index (χ0n) is 11.6. The Morgan fingerprint density at radius 3 is 2.71 bits per heavy atom. The Kier molecular flexibility index (Phi) is 4.03. The molecule has 1 atom stereocenters. The fraction of sp³-hybridized carbons (Fsp3) is 0.333. The molecule has 1 saturated heterocycles. The van der Waals surface area contributed by atoms with Crippen molar-refractivity contribution in [1.29, 1.82) is 5.26 Å². The fourth-order valence-corrected chi connectivity index (χ4v) is 2.37. The standard InChI is InChI=1S/C15H16N6/c16-7-11-4-5-12(8-18-11)21-15-10-19-14(9-20-15)13-3-1-2-6-17-13/h4-5,8-10,13,17H,1-3,6H2,(H,20,21)/t13-/m0/s1. The van der Waals surface area contributed by atoms with Crippen molar-refractivity contribution in [2.24, 2.45) is 0 Å². The predicted molar refractivity (Wildman–Crippen MR) is 78.9 cm³/mol. The van der Waals surface area contributed by atoms with Gasteiger partial charge in [0.25, 0.3) is 0 Å². The molecule has 2 aromatic heterocycles. The maximum absolute atomic E-state index is 8.71. The van der Waals surface area contributed by atoms with Crippen LogP contribution >= 0.6 is 0 Å². The van der Waals surface area contributed by atoms with Gasteiger partial charge in [0.15, 0.2) is 0 Å². The van der Waals surface area contributed by atoms with E-state index < -0.39 is 0 Å². The first kappa shape index (κ1) is 13.5. The molecule has 0 saturated carbocycles. The molecule has 6 heteroatoms. The molecule has 3 rings (SSSR count). The zero-order valence-corrected chi connectivity index (χ0v) is 11.6. The number of aromatic nitrogens is 3. The van der Waals surface area contributed by atoms with Crippen LogP contribution in [0.15, 0.2) is 30.7 Å². The Hall–Kier alpha value is -2.52. The summed E-state index contributed by atoms with van der Waals surface area (Å²) in [5, 5.41) is 15.3. The lowest BCUT2D eigenvalue weighted by Crippen LogP contribution is -2.27. The fourth-order valence-electron chi connectivity index (χ4n) is 2.37. The molecule has 1 aliphatic heterocycles. The van der Waals surface area contributed by atoms with Crippen LogP contribution in [0.2, 0.25) is 0 Å². The largest absolute Gasteiger partial charge is 0.338 e. The number of piperidine rings is 1. The van der Waals surface area contributed by atoms with Crippen LogP contribution in [0, 0.1) is 11.3 Å². The molecule has 1 fully saturated rings. The first-order valence-corrected chi connectivity index (χ1v) is 7.03. The highest BCUT2D eigenvalue weighted by atomic mass is 15.0. The van der Waals surface area contributed by atoms with Gasteiger partial charge in [-0.3, -0.25) is 4.98 Å². The maximum atomic E-state index is 8.71. The Balaban J connectivity index is 1.67. The Morgan fingerprint density at radius 2 is 2.10 bits per heavy atom. The second-order valence-electron chi connectivity index (χ2n) is 5.00. The normalized spacial score (nSPS) is 18.0. The van der Waals surface area contributed by atoms with Crippen LogP contribution in [-0.2, 0) is 0 Å². The van der Waals surface area contributed by atoms with Crippen LogP contribution in [-0.4, -0.2) is 21.5 Å². The number of rotatable bonds is 3. The van der Waals surface area contributed by atoms with E-state index in [4.69, 9.17) is 5.26 Å². The smallest absolute Gasteiger partial charge is 0.148 e. The van der Waals surface area contributed by atoms with Crippen LogP contribution in [0.3, 0.4) is 0 Å². The molecule has 6 nitrogen and oxygen atoms in total. The van der Waals surface area contributed by atoms with Crippen LogP contribution in [0.1, 0.15) is 36.7 Å². The van der Waals surface area contributed by atoms with E-state index in [9.17, 15) is 0 Å². The van der Waals surface area contributed by atoms with Crippen molar-refractivity contribution in [2.75, 3.05) is 11.9 Å². The second kappa shape index (κ2) is 6.29. The van der Waals surface area contributed by atoms with Crippen molar-refractivity contribution < 1.29 is 0 Å². The third kappa shape index (κ3) is 3.33. The Bertz CT molecular complexity index is 623. The van der Waals surface area contributed by atoms with Crippen molar-refractivity contribution in [3.05, 3.63) is 42.1 Å². The quantitative estimate of drug-likeness (QED) is 0.897. The van der Waals surface area contributed by atoms with Gasteiger partial charge in [-0.25, -0.2) is 9.97 Å². The summed E-state index contributed by atoms with van der Waals surface area (Å²) in [6.45, 7) is 1.04. The topological polar surface area (TPSA) is 86.5 Å². The lowest BCUT2D eigenvalue weighted by atomic mass is 10.0. The molecule has 0 aromatic carbocycles. The SMILES string of the molecule is N#Cc1ccc(Nc2cnc([C@@H]3CCCCN3)cn2)cn1. The summed E-state index contributed by atoms with van der Waals surface area (Å²) >= 11 is 0. The molecule has 0 spiro atoms. The molecular formula is C15H16N6. The summed E-state index contributed by atoms with van der Waals surface area (Å²) in [6, 6.07) is 5.76. The van der Waals surface area contributed by atoms with Crippen molar-refractivity contribution >= 4 is 11.5 Å². The summed E-state index contributed by atoms with van der Waals surface area (Å²) in [7, 11) is 0. The van der Waals surface area contributed by atoms with Gasteiger partial charge in [-0.05, 0) is 31.5 Å². The number of nitrogens with one attached hydrogen (secondary N) is 2. The molecule has 106 valence electrons. The van der Waals surface area contributed by atoms with Crippen molar-refractivity contribution in [3.8, 4) is 6.07 Å². The summed E-state index contributed by atoms with van der Waals surface area (Å²) in [5.74, 6) is 0.668. The van der Waals surface area contributed by atoms with Crippen LogP contribution in [0.4, 0.5) is 11.5 Å². The monoisotopic (exact) mass is 280 g/mol. The number of anilines is 2. The predicted octanol–water partition coefficient (Wildman–Crippen LogP) is 2.30. The Morgan fingerprint density at radius 1 is 1.14 bits per heavy atom. The zero-order chi connectivity index (χ0) is 14.5. The van der Waals surface area contributed by atoms with Gasteiger partial charge in [0.2, 0.25) is 0 Å². The molecule has 21 heavy (non-hydrogen) atoms. The average molecular weight is 280 g/mol. The van der Waals surface area contributed by atoms with Crippen LogP contribution in [0.5, 0.6) is 0 Å². The van der Waals surface area contributed by atoms with Crippen LogP contribution in [0.25, 0.3) is 0 Å². The minimum absolute atomic E-state index is 0.317. The van der Waals surface area contributed by atoms with Crippen LogP contribution < -0.4 is 10.6 Å². The van der Waals surface area contributed by atoms with E-state index >= 15 is 0 Å². The highest BCUT2D eigenvalue weighted by molar-refractivity contribution is 5.54. The molecule has 0 aliphatic carbocycles. The van der Waals surface area contributed by atoms with Gasteiger partial charge < -0.3 is 10.6 Å². The van der Waals surface area contributed by atoms with Crippen molar-refractivity contribution in [1.82, 2.24) is 20.3 Å². The molecular weight excluding hydrogens is 264 g/mol. The number of pyridine rings is 1. The lowest BCUT2D eigenvalue weighted by Gasteiger charge is -2.22. The van der Waals surface area contributed by atoms with Gasteiger partial charge in [-0.15, -0.1) is 0 Å². The van der Waals surface area contributed by atoms with E-state index in [1.54, 1.807) is 24.5 Å². The molecule has 1 aliphatic rings. The second-order valence-corrected chi connectivity index (χ2v) is 5.00. The molecule has 0 unspecified atom stereocenters. The highest BCUT2D eigenvalue weighted by Crippen LogP contribution is 2.21. The van der Waals surface area contributed by atoms with E-state index in [0.29, 0.717) is 17.6 Å². The van der Waals surface area contributed by atoms with E-state index in [0.717, 1.165) is 24.3 Å². The van der Waals surface area contributed by atoms with Gasteiger partial charge >= 0.3 is 0 Å². The van der Waals surface area contributed by atoms with E-state index in [1.165, 1.54) is 12.8 Å². The summed E-state index contributed by atoms with van der Waals surface area (Å²) in [6.07, 6.45) is 8.72. The van der Waals surface area contributed by atoms with Gasteiger partial charge in [0.05, 0.1) is 36.0 Å². The molecule has 0 bridgehead atoms. The van der Waals surface area contributed by atoms with Gasteiger partial charge in [-0.1, -0.05) is 6.42 Å². The van der Waals surface area contributed by atoms with Gasteiger partial charge in [-0.2, -0.15) is 5.26 Å². The molecule has 0 radical (unpaired) electrons. The maximum Gasteiger partial charge on any atom is 0.148 e. The number of hydrogen-bond acceptors (Lipinski definition) is 6. The molecule has 3 heterocycles. The molecule has 2 N–H and O–H groups in total. The number of nitriles is 1. The van der Waals surface area contributed by atoms with Crippen molar-refractivity contribution in [2.45, 2.75) is 25.3 Å². The first-order valence-electron chi connectivity index (χ1n) is 7.03.